The molecule has 2 atom stereocenters. The Morgan fingerprint density at radius 3 is 1.87 bits per heavy atom. The fourth-order valence-electron chi connectivity index (χ4n) is 3.78. The van der Waals surface area contributed by atoms with E-state index in [1.54, 1.807) is 0 Å². The van der Waals surface area contributed by atoms with Crippen LogP contribution in [0.2, 0.25) is 0 Å². The number of likely N-dealkylation sites (tertiary alicyclic amines) is 1. The van der Waals surface area contributed by atoms with Crippen LogP contribution in [-0.2, 0) is 28.4 Å². The Balaban J connectivity index is 0.000000401. The minimum atomic E-state index is -0.0707. The molecule has 3 fully saturated rings. The molecule has 2 aromatic rings. The van der Waals surface area contributed by atoms with E-state index in [1.165, 1.54) is 0 Å². The summed E-state index contributed by atoms with van der Waals surface area (Å²) < 4.78 is 0. The summed E-state index contributed by atoms with van der Waals surface area (Å²) in [6.45, 7) is 0.653. The summed E-state index contributed by atoms with van der Waals surface area (Å²) in [5, 5.41) is 0. The second kappa shape index (κ2) is 12.3. The average Bonchev–Trinajstić information content (AvgIpc) is 3.53. The van der Waals surface area contributed by atoms with Gasteiger partial charge in [0.25, 0.3) is 0 Å². The van der Waals surface area contributed by atoms with E-state index in [1.807, 2.05) is 99.1 Å². The van der Waals surface area contributed by atoms with Crippen LogP contribution in [0.3, 0.4) is 0 Å². The molecule has 2 saturated carbocycles. The molecule has 0 bridgehead atoms. The van der Waals surface area contributed by atoms with Crippen molar-refractivity contribution in [2.24, 2.45) is 5.92 Å². The summed E-state index contributed by atoms with van der Waals surface area (Å²) in [6, 6.07) is 20.5. The molecular formula is C28H25FeNO. The number of amides is 1. The molecule has 3 aliphatic rings. The van der Waals surface area contributed by atoms with Gasteiger partial charge in [0, 0.05) is 23.6 Å². The fourth-order valence-corrected chi connectivity index (χ4v) is 3.78. The maximum atomic E-state index is 12.8. The summed E-state index contributed by atoms with van der Waals surface area (Å²) in [4.78, 5) is 14.7. The number of hydrogen-bond donors (Lipinski definition) is 0. The van der Waals surface area contributed by atoms with Crippen LogP contribution in [0, 0.1) is 69.6 Å². The SMILES string of the molecule is O=C1[C@H]([C]2[CH][CH][CH][CH]2)[C@H](/C=C/c2ccccc2)N1Cc1ccccc1.[CH]1[CH][CH][CH][CH]1.[Fe]. The molecule has 5 rings (SSSR count). The van der Waals surface area contributed by atoms with Crippen molar-refractivity contribution in [1.29, 1.82) is 0 Å². The summed E-state index contributed by atoms with van der Waals surface area (Å²) >= 11 is 0. The first kappa shape index (κ1) is 23.8. The second-order valence-corrected chi connectivity index (χ2v) is 7.37. The minimum Gasteiger partial charge on any atom is -0.331 e. The summed E-state index contributed by atoms with van der Waals surface area (Å²) in [6.07, 6.45) is 22.4. The molecule has 10 radical (unpaired) electrons. The molecule has 156 valence electrons. The first-order valence-electron chi connectivity index (χ1n) is 10.3. The topological polar surface area (TPSA) is 20.3 Å². The van der Waals surface area contributed by atoms with E-state index in [0.29, 0.717) is 6.54 Å². The fraction of sp³-hybridized carbons (Fsp3) is 0.107. The van der Waals surface area contributed by atoms with Gasteiger partial charge in [0.05, 0.1) is 12.0 Å². The van der Waals surface area contributed by atoms with Crippen LogP contribution in [-0.4, -0.2) is 16.8 Å². The van der Waals surface area contributed by atoms with Crippen molar-refractivity contribution in [1.82, 2.24) is 4.90 Å². The molecule has 2 aliphatic carbocycles. The van der Waals surface area contributed by atoms with Crippen LogP contribution in [0.4, 0.5) is 0 Å². The Bertz CT molecular complexity index is 802. The summed E-state index contributed by atoms with van der Waals surface area (Å²) in [5.74, 6) is 1.24. The van der Waals surface area contributed by atoms with E-state index in [-0.39, 0.29) is 34.9 Å². The van der Waals surface area contributed by atoms with Gasteiger partial charge in [0.1, 0.15) is 0 Å². The van der Waals surface area contributed by atoms with Gasteiger partial charge in [0.2, 0.25) is 5.91 Å². The Morgan fingerprint density at radius 2 is 1.29 bits per heavy atom. The smallest absolute Gasteiger partial charge is 0.229 e. The summed E-state index contributed by atoms with van der Waals surface area (Å²) in [7, 11) is 0. The Morgan fingerprint density at radius 1 is 0.742 bits per heavy atom. The number of rotatable bonds is 5. The number of carbonyl (C=O) groups is 1. The van der Waals surface area contributed by atoms with Gasteiger partial charge < -0.3 is 4.90 Å². The number of carbonyl (C=O) groups excluding carboxylic acids is 1. The molecule has 1 amide bonds. The van der Waals surface area contributed by atoms with Crippen molar-refractivity contribution in [2.45, 2.75) is 12.6 Å². The van der Waals surface area contributed by atoms with Gasteiger partial charge in [0.15, 0.2) is 0 Å². The number of benzene rings is 2. The largest absolute Gasteiger partial charge is 0.331 e. The average molecular weight is 447 g/mol. The van der Waals surface area contributed by atoms with Crippen molar-refractivity contribution < 1.29 is 21.9 Å². The van der Waals surface area contributed by atoms with Gasteiger partial charge in [-0.25, -0.2) is 0 Å². The molecule has 2 nitrogen and oxygen atoms in total. The van der Waals surface area contributed by atoms with Gasteiger partial charge in [-0.1, -0.05) is 72.8 Å². The third-order valence-electron chi connectivity index (χ3n) is 5.33. The molecule has 1 heterocycles. The van der Waals surface area contributed by atoms with E-state index in [2.05, 4.69) is 36.4 Å². The molecule has 1 saturated heterocycles. The first-order chi connectivity index (χ1) is 14.8. The van der Waals surface area contributed by atoms with Gasteiger partial charge in [-0.2, -0.15) is 0 Å². The quantitative estimate of drug-likeness (QED) is 0.459. The molecule has 1 aliphatic heterocycles. The van der Waals surface area contributed by atoms with Crippen LogP contribution in [0.1, 0.15) is 11.1 Å². The van der Waals surface area contributed by atoms with E-state index >= 15 is 0 Å². The van der Waals surface area contributed by atoms with Gasteiger partial charge in [-0.05, 0) is 74.8 Å². The zero-order valence-electron chi connectivity index (χ0n) is 17.2. The van der Waals surface area contributed by atoms with Crippen LogP contribution in [0.25, 0.3) is 6.08 Å². The predicted octanol–water partition coefficient (Wildman–Crippen LogP) is 5.15. The number of hydrogen-bond acceptors (Lipinski definition) is 1. The number of β-lactam (4-membered cyclic amide) rings is 1. The Labute approximate surface area is 198 Å². The van der Waals surface area contributed by atoms with E-state index in [9.17, 15) is 4.79 Å². The number of nitrogens with zero attached hydrogens (tertiary/aromatic N) is 1. The predicted molar refractivity (Wildman–Crippen MR) is 122 cm³/mol. The second-order valence-electron chi connectivity index (χ2n) is 7.37. The minimum absolute atomic E-state index is 0. The van der Waals surface area contributed by atoms with E-state index in [4.69, 9.17) is 0 Å². The standard InChI is InChI=1S/C23H20NO.C5H5.Fe/c25-23-22(20-13-7-8-14-20)21(16-15-18-9-3-1-4-10-18)24(23)17-19-11-5-2-6-12-19;1-2-4-5-3-1;/h1-16,21-22H,17H2;1-5H;/b16-15+;;/t21-,22+;;/m0../s1. The third kappa shape index (κ3) is 6.34. The van der Waals surface area contributed by atoms with Crippen molar-refractivity contribution in [3.8, 4) is 0 Å². The molecule has 31 heavy (non-hydrogen) atoms. The zero-order valence-corrected chi connectivity index (χ0v) is 18.3. The summed E-state index contributed by atoms with van der Waals surface area (Å²) in [5.41, 5.74) is 2.32. The first-order valence-corrected chi connectivity index (χ1v) is 10.3. The Kier molecular flexibility index (Phi) is 9.43. The monoisotopic (exact) mass is 447 g/mol. The van der Waals surface area contributed by atoms with Crippen LogP contribution in [0.5, 0.6) is 0 Å². The van der Waals surface area contributed by atoms with Crippen molar-refractivity contribution >= 4 is 12.0 Å². The maximum absolute atomic E-state index is 12.8. The van der Waals surface area contributed by atoms with Crippen molar-refractivity contribution in [3.05, 3.63) is 142 Å². The molecule has 0 spiro atoms. The molecule has 0 aromatic heterocycles. The molecule has 2 aromatic carbocycles. The van der Waals surface area contributed by atoms with Crippen LogP contribution in [0.15, 0.2) is 66.7 Å². The van der Waals surface area contributed by atoms with E-state index < -0.39 is 0 Å². The Hall–Kier alpha value is -1.83. The maximum Gasteiger partial charge on any atom is 0.229 e. The van der Waals surface area contributed by atoms with Crippen LogP contribution >= 0.6 is 0 Å². The van der Waals surface area contributed by atoms with E-state index in [0.717, 1.165) is 17.0 Å². The zero-order chi connectivity index (χ0) is 20.6. The molecule has 0 unspecified atom stereocenters. The molecular weight excluding hydrogens is 422 g/mol. The third-order valence-corrected chi connectivity index (χ3v) is 5.33. The normalized spacial score (nSPS) is 23.2. The van der Waals surface area contributed by atoms with Gasteiger partial charge in [-0.15, -0.1) is 0 Å². The van der Waals surface area contributed by atoms with Crippen molar-refractivity contribution in [2.75, 3.05) is 0 Å². The van der Waals surface area contributed by atoms with Crippen molar-refractivity contribution in [3.63, 3.8) is 0 Å². The van der Waals surface area contributed by atoms with Gasteiger partial charge >= 0.3 is 0 Å². The van der Waals surface area contributed by atoms with Crippen LogP contribution < -0.4 is 0 Å². The molecule has 3 heteroatoms. The van der Waals surface area contributed by atoms with Gasteiger partial charge in [-0.3, -0.25) is 4.79 Å². The molecule has 0 N–H and O–H groups in total.